The van der Waals surface area contributed by atoms with Gasteiger partial charge in [0.25, 0.3) is 0 Å². The number of aryl methyl sites for hydroxylation is 1. The van der Waals surface area contributed by atoms with Crippen molar-refractivity contribution in [1.82, 2.24) is 0 Å². The molecule has 0 bridgehead atoms. The van der Waals surface area contributed by atoms with Gasteiger partial charge in [-0.05, 0) is 31.2 Å². The molecule has 3 heteroatoms. The average molecular weight is 246 g/mol. The molecule has 0 aliphatic heterocycles. The Morgan fingerprint density at radius 2 is 1.94 bits per heavy atom. The van der Waals surface area contributed by atoms with Gasteiger partial charge in [0, 0.05) is 11.6 Å². The summed E-state index contributed by atoms with van der Waals surface area (Å²) in [7, 11) is 1.62. The predicted octanol–water partition coefficient (Wildman–Crippen LogP) is 3.72. The van der Waals surface area contributed by atoms with Gasteiger partial charge in [0.2, 0.25) is 0 Å². The van der Waals surface area contributed by atoms with Gasteiger partial charge in [-0.2, -0.15) is 0 Å². The molecule has 0 N–H and O–H groups in total. The Morgan fingerprint density at radius 1 is 1.11 bits per heavy atom. The van der Waals surface area contributed by atoms with Gasteiger partial charge in [-0.1, -0.05) is 17.7 Å². The molecular formula is C15H15FO2. The standard InChI is InChI=1S/C15H15FO2/c1-11-6-7-15(17-2)12(8-11)10-18-14-5-3-4-13(16)9-14/h3-9H,10H2,1-2H3. The first-order valence-corrected chi connectivity index (χ1v) is 5.71. The van der Waals surface area contributed by atoms with E-state index >= 15 is 0 Å². The highest BCUT2D eigenvalue weighted by molar-refractivity contribution is 5.37. The minimum absolute atomic E-state index is 0.302. The molecule has 0 spiro atoms. The van der Waals surface area contributed by atoms with Gasteiger partial charge in [0.1, 0.15) is 23.9 Å². The van der Waals surface area contributed by atoms with E-state index in [2.05, 4.69) is 0 Å². The highest BCUT2D eigenvalue weighted by Crippen LogP contribution is 2.22. The van der Waals surface area contributed by atoms with E-state index in [1.165, 1.54) is 12.1 Å². The van der Waals surface area contributed by atoms with Crippen LogP contribution in [0.4, 0.5) is 4.39 Å². The zero-order chi connectivity index (χ0) is 13.0. The van der Waals surface area contributed by atoms with Crippen LogP contribution in [0.25, 0.3) is 0 Å². The zero-order valence-electron chi connectivity index (χ0n) is 10.4. The van der Waals surface area contributed by atoms with Crippen molar-refractivity contribution < 1.29 is 13.9 Å². The third kappa shape index (κ3) is 3.00. The molecule has 0 saturated carbocycles. The molecule has 0 radical (unpaired) electrons. The van der Waals surface area contributed by atoms with Crippen molar-refractivity contribution >= 4 is 0 Å². The summed E-state index contributed by atoms with van der Waals surface area (Å²) >= 11 is 0. The summed E-state index contributed by atoms with van der Waals surface area (Å²) in [5, 5.41) is 0. The van der Waals surface area contributed by atoms with Crippen molar-refractivity contribution in [2.24, 2.45) is 0 Å². The van der Waals surface area contributed by atoms with Crippen LogP contribution in [0.2, 0.25) is 0 Å². The lowest BCUT2D eigenvalue weighted by molar-refractivity contribution is 0.295. The summed E-state index contributed by atoms with van der Waals surface area (Å²) in [6.45, 7) is 2.36. The zero-order valence-corrected chi connectivity index (χ0v) is 10.4. The summed E-state index contributed by atoms with van der Waals surface area (Å²) in [6.07, 6.45) is 0. The van der Waals surface area contributed by atoms with Crippen molar-refractivity contribution in [3.8, 4) is 11.5 Å². The Kier molecular flexibility index (Phi) is 3.82. The lowest BCUT2D eigenvalue weighted by Gasteiger charge is -2.11. The van der Waals surface area contributed by atoms with Crippen LogP contribution < -0.4 is 9.47 Å². The summed E-state index contributed by atoms with van der Waals surface area (Å²) in [4.78, 5) is 0. The van der Waals surface area contributed by atoms with Gasteiger partial charge in [-0.25, -0.2) is 4.39 Å². The smallest absolute Gasteiger partial charge is 0.126 e. The SMILES string of the molecule is COc1ccc(C)cc1COc1cccc(F)c1. The van der Waals surface area contributed by atoms with Crippen LogP contribution in [-0.2, 0) is 6.61 Å². The van der Waals surface area contributed by atoms with Crippen LogP contribution in [0, 0.1) is 12.7 Å². The summed E-state index contributed by atoms with van der Waals surface area (Å²) < 4.78 is 23.8. The molecule has 2 rings (SSSR count). The third-order valence-corrected chi connectivity index (χ3v) is 2.63. The van der Waals surface area contributed by atoms with E-state index in [0.29, 0.717) is 12.4 Å². The minimum atomic E-state index is -0.302. The number of hydrogen-bond donors (Lipinski definition) is 0. The van der Waals surface area contributed by atoms with Gasteiger partial charge in [0.05, 0.1) is 7.11 Å². The van der Waals surface area contributed by atoms with Crippen molar-refractivity contribution in [1.29, 1.82) is 0 Å². The van der Waals surface area contributed by atoms with Crippen LogP contribution in [-0.4, -0.2) is 7.11 Å². The van der Waals surface area contributed by atoms with Crippen LogP contribution in [0.1, 0.15) is 11.1 Å². The number of hydrogen-bond acceptors (Lipinski definition) is 2. The molecule has 2 aromatic rings. The van der Waals surface area contributed by atoms with Crippen molar-refractivity contribution in [2.75, 3.05) is 7.11 Å². The Balaban J connectivity index is 2.12. The first-order valence-electron chi connectivity index (χ1n) is 5.71. The average Bonchev–Trinajstić information content (AvgIpc) is 2.37. The van der Waals surface area contributed by atoms with E-state index in [1.54, 1.807) is 19.2 Å². The van der Waals surface area contributed by atoms with E-state index in [0.717, 1.165) is 16.9 Å². The van der Waals surface area contributed by atoms with Crippen molar-refractivity contribution in [3.63, 3.8) is 0 Å². The van der Waals surface area contributed by atoms with E-state index in [4.69, 9.17) is 9.47 Å². The normalized spacial score (nSPS) is 10.2. The van der Waals surface area contributed by atoms with Crippen LogP contribution >= 0.6 is 0 Å². The molecule has 0 atom stereocenters. The summed E-state index contributed by atoms with van der Waals surface area (Å²) in [6, 6.07) is 12.0. The molecule has 0 amide bonds. The fourth-order valence-corrected chi connectivity index (χ4v) is 1.74. The number of halogens is 1. The lowest BCUT2D eigenvalue weighted by Crippen LogP contribution is -1.99. The number of rotatable bonds is 4. The molecule has 18 heavy (non-hydrogen) atoms. The van der Waals surface area contributed by atoms with Gasteiger partial charge >= 0.3 is 0 Å². The Bertz CT molecular complexity index is 538. The molecule has 0 unspecified atom stereocenters. The number of methoxy groups -OCH3 is 1. The van der Waals surface area contributed by atoms with E-state index in [9.17, 15) is 4.39 Å². The quantitative estimate of drug-likeness (QED) is 0.818. The van der Waals surface area contributed by atoms with Crippen LogP contribution in [0.3, 0.4) is 0 Å². The van der Waals surface area contributed by atoms with Gasteiger partial charge in [-0.15, -0.1) is 0 Å². The van der Waals surface area contributed by atoms with Gasteiger partial charge in [0.15, 0.2) is 0 Å². The van der Waals surface area contributed by atoms with E-state index in [-0.39, 0.29) is 5.82 Å². The minimum Gasteiger partial charge on any atom is -0.496 e. The largest absolute Gasteiger partial charge is 0.496 e. The fraction of sp³-hybridized carbons (Fsp3) is 0.200. The lowest BCUT2D eigenvalue weighted by atomic mass is 10.1. The Labute approximate surface area is 106 Å². The molecule has 2 nitrogen and oxygen atoms in total. The summed E-state index contributed by atoms with van der Waals surface area (Å²) in [5.41, 5.74) is 2.08. The van der Waals surface area contributed by atoms with Gasteiger partial charge < -0.3 is 9.47 Å². The predicted molar refractivity (Wildman–Crippen MR) is 68.5 cm³/mol. The second-order valence-electron chi connectivity index (χ2n) is 4.06. The Hall–Kier alpha value is -2.03. The number of ether oxygens (including phenoxy) is 2. The maximum atomic E-state index is 13.0. The maximum Gasteiger partial charge on any atom is 0.126 e. The molecule has 0 fully saturated rings. The molecule has 0 heterocycles. The molecular weight excluding hydrogens is 231 g/mol. The first-order chi connectivity index (χ1) is 8.69. The highest BCUT2D eigenvalue weighted by Gasteiger charge is 2.04. The molecule has 2 aromatic carbocycles. The van der Waals surface area contributed by atoms with E-state index in [1.807, 2.05) is 25.1 Å². The molecule has 0 aliphatic carbocycles. The van der Waals surface area contributed by atoms with Crippen molar-refractivity contribution in [3.05, 3.63) is 59.4 Å². The van der Waals surface area contributed by atoms with Crippen LogP contribution in [0.5, 0.6) is 11.5 Å². The molecule has 0 aliphatic rings. The van der Waals surface area contributed by atoms with Gasteiger partial charge in [-0.3, -0.25) is 0 Å². The molecule has 0 saturated heterocycles. The summed E-state index contributed by atoms with van der Waals surface area (Å²) in [5.74, 6) is 0.985. The topological polar surface area (TPSA) is 18.5 Å². The van der Waals surface area contributed by atoms with Crippen LogP contribution in [0.15, 0.2) is 42.5 Å². The second-order valence-corrected chi connectivity index (χ2v) is 4.06. The van der Waals surface area contributed by atoms with Crippen molar-refractivity contribution in [2.45, 2.75) is 13.5 Å². The third-order valence-electron chi connectivity index (χ3n) is 2.63. The molecule has 94 valence electrons. The highest BCUT2D eigenvalue weighted by atomic mass is 19.1. The second kappa shape index (κ2) is 5.54. The first kappa shape index (κ1) is 12.4. The fourth-order valence-electron chi connectivity index (χ4n) is 1.74. The monoisotopic (exact) mass is 246 g/mol. The maximum absolute atomic E-state index is 13.0. The van der Waals surface area contributed by atoms with E-state index < -0.39 is 0 Å². The molecule has 0 aromatic heterocycles. The number of benzene rings is 2. The Morgan fingerprint density at radius 3 is 2.67 bits per heavy atom.